The maximum absolute atomic E-state index is 12.0. The quantitative estimate of drug-likeness (QED) is 0.757. The van der Waals surface area contributed by atoms with E-state index >= 15 is 0 Å². The first kappa shape index (κ1) is 18.4. The van der Waals surface area contributed by atoms with Crippen LogP contribution >= 0.6 is 0 Å². The van der Waals surface area contributed by atoms with E-state index in [1.165, 1.54) is 0 Å². The van der Waals surface area contributed by atoms with Gasteiger partial charge in [-0.25, -0.2) is 13.2 Å². The fourth-order valence-corrected chi connectivity index (χ4v) is 4.60. The lowest BCUT2D eigenvalue weighted by molar-refractivity contribution is -0.124. The smallest absolute Gasteiger partial charge is 0.338 e. The van der Waals surface area contributed by atoms with Crippen molar-refractivity contribution >= 4 is 33.1 Å². The van der Waals surface area contributed by atoms with Gasteiger partial charge < -0.3 is 10.1 Å². The molecule has 2 heterocycles. The standard InChI is InChI=1S/C17H21N3O5S/c1-12-6-8-20(19-12)15-4-2-13(3-5-15)17(22)25-10-16(21)18-14-7-9-26(23,24)11-14/h2-5,14H,6-11H2,1H3,(H,18,21). The molecule has 1 unspecified atom stereocenters. The number of amides is 1. The van der Waals surface area contributed by atoms with Crippen LogP contribution in [0.25, 0.3) is 0 Å². The molecule has 1 fully saturated rings. The van der Waals surface area contributed by atoms with Gasteiger partial charge in [-0.05, 0) is 37.6 Å². The Morgan fingerprint density at radius 2 is 2.04 bits per heavy atom. The SMILES string of the molecule is CC1=NN(c2ccc(C(=O)OCC(=O)NC3CCS(=O)(=O)C3)cc2)CC1. The van der Waals surface area contributed by atoms with Gasteiger partial charge in [-0.1, -0.05) is 0 Å². The van der Waals surface area contributed by atoms with Crippen LogP contribution in [0.1, 0.15) is 30.1 Å². The number of nitrogens with one attached hydrogen (secondary N) is 1. The number of carbonyl (C=O) groups excluding carboxylic acids is 2. The number of anilines is 1. The zero-order valence-electron chi connectivity index (χ0n) is 14.5. The summed E-state index contributed by atoms with van der Waals surface area (Å²) in [6, 6.07) is 6.41. The Labute approximate surface area is 152 Å². The molecule has 1 aromatic carbocycles. The van der Waals surface area contributed by atoms with Gasteiger partial charge in [0, 0.05) is 24.7 Å². The number of hydrazone groups is 1. The highest BCUT2D eigenvalue weighted by molar-refractivity contribution is 7.91. The predicted molar refractivity (Wildman–Crippen MR) is 97.0 cm³/mol. The number of ether oxygens (including phenoxy) is 1. The third-order valence-corrected chi connectivity index (χ3v) is 6.08. The summed E-state index contributed by atoms with van der Waals surface area (Å²) in [5, 5.41) is 8.83. The van der Waals surface area contributed by atoms with Gasteiger partial charge in [0.05, 0.1) is 22.8 Å². The van der Waals surface area contributed by atoms with Crippen molar-refractivity contribution in [1.82, 2.24) is 5.32 Å². The lowest BCUT2D eigenvalue weighted by atomic mass is 10.2. The van der Waals surface area contributed by atoms with E-state index in [-0.39, 0.29) is 11.5 Å². The van der Waals surface area contributed by atoms with Crippen LogP contribution in [0.2, 0.25) is 0 Å². The molecule has 0 aromatic heterocycles. The number of carbonyl (C=O) groups is 2. The summed E-state index contributed by atoms with van der Waals surface area (Å²) in [4.78, 5) is 23.8. The van der Waals surface area contributed by atoms with Crippen LogP contribution < -0.4 is 10.3 Å². The zero-order valence-corrected chi connectivity index (χ0v) is 15.3. The second kappa shape index (κ2) is 7.45. The monoisotopic (exact) mass is 379 g/mol. The molecule has 0 aliphatic carbocycles. The predicted octanol–water partition coefficient (Wildman–Crippen LogP) is 0.733. The molecule has 1 atom stereocenters. The first-order valence-corrected chi connectivity index (χ1v) is 10.2. The average Bonchev–Trinajstić information content (AvgIpc) is 3.18. The minimum absolute atomic E-state index is 0.0629. The van der Waals surface area contributed by atoms with Gasteiger partial charge >= 0.3 is 5.97 Å². The molecule has 140 valence electrons. The number of rotatable bonds is 5. The fraction of sp³-hybridized carbons (Fsp3) is 0.471. The molecule has 0 spiro atoms. The van der Waals surface area contributed by atoms with Crippen molar-refractivity contribution in [2.45, 2.75) is 25.8 Å². The van der Waals surface area contributed by atoms with Crippen LogP contribution in [0.15, 0.2) is 29.4 Å². The van der Waals surface area contributed by atoms with Crippen molar-refractivity contribution < 1.29 is 22.7 Å². The number of hydrogen-bond donors (Lipinski definition) is 1. The summed E-state index contributed by atoms with van der Waals surface area (Å²) in [5.74, 6) is -1.09. The maximum atomic E-state index is 12.0. The largest absolute Gasteiger partial charge is 0.452 e. The molecule has 0 radical (unpaired) electrons. The molecule has 8 nitrogen and oxygen atoms in total. The van der Waals surface area contributed by atoms with Crippen molar-refractivity contribution in [3.05, 3.63) is 29.8 Å². The highest BCUT2D eigenvalue weighted by Gasteiger charge is 2.29. The normalized spacial score (nSPS) is 21.3. The van der Waals surface area contributed by atoms with Crippen LogP contribution in [-0.4, -0.2) is 56.7 Å². The number of hydrogen-bond acceptors (Lipinski definition) is 7. The molecule has 0 saturated carbocycles. The Bertz CT molecular complexity index is 832. The van der Waals surface area contributed by atoms with Crippen LogP contribution in [-0.2, 0) is 19.4 Å². The van der Waals surface area contributed by atoms with Crippen molar-refractivity contribution in [1.29, 1.82) is 0 Å². The summed E-state index contributed by atoms with van der Waals surface area (Å²) in [6.07, 6.45) is 1.31. The third kappa shape index (κ3) is 4.60. The molecule has 3 rings (SSSR count). The van der Waals surface area contributed by atoms with Crippen molar-refractivity contribution in [3.63, 3.8) is 0 Å². The molecule has 0 bridgehead atoms. The van der Waals surface area contributed by atoms with Gasteiger partial charge in [0.1, 0.15) is 0 Å². The third-order valence-electron chi connectivity index (χ3n) is 4.31. The topological polar surface area (TPSA) is 105 Å². The van der Waals surface area contributed by atoms with E-state index in [9.17, 15) is 18.0 Å². The summed E-state index contributed by atoms with van der Waals surface area (Å²) in [5.41, 5.74) is 2.29. The highest BCUT2D eigenvalue weighted by atomic mass is 32.2. The molecule has 1 N–H and O–H groups in total. The van der Waals surface area contributed by atoms with Crippen molar-refractivity contribution in [2.75, 3.05) is 29.7 Å². The first-order valence-electron chi connectivity index (χ1n) is 8.41. The Hall–Kier alpha value is -2.42. The second-order valence-electron chi connectivity index (χ2n) is 6.50. The van der Waals surface area contributed by atoms with E-state index in [2.05, 4.69) is 10.4 Å². The minimum Gasteiger partial charge on any atom is -0.452 e. The molecule has 26 heavy (non-hydrogen) atoms. The van der Waals surface area contributed by atoms with E-state index in [1.54, 1.807) is 24.3 Å². The molecule has 9 heteroatoms. The van der Waals surface area contributed by atoms with Gasteiger partial charge in [0.25, 0.3) is 5.91 Å². The molecule has 1 saturated heterocycles. The van der Waals surface area contributed by atoms with E-state index < -0.39 is 34.4 Å². The summed E-state index contributed by atoms with van der Waals surface area (Å²) in [6.45, 7) is 2.34. The Balaban J connectivity index is 1.48. The van der Waals surface area contributed by atoms with E-state index in [1.807, 2.05) is 11.9 Å². The highest BCUT2D eigenvalue weighted by Crippen LogP contribution is 2.20. The molecule has 2 aliphatic heterocycles. The van der Waals surface area contributed by atoms with Gasteiger partial charge in [-0.15, -0.1) is 0 Å². The Kier molecular flexibility index (Phi) is 5.26. The summed E-state index contributed by atoms with van der Waals surface area (Å²) >= 11 is 0. The first-order chi connectivity index (χ1) is 12.3. The average molecular weight is 379 g/mol. The minimum atomic E-state index is -3.07. The summed E-state index contributed by atoms with van der Waals surface area (Å²) < 4.78 is 27.7. The molecule has 1 aromatic rings. The van der Waals surface area contributed by atoms with Crippen molar-refractivity contribution in [3.8, 4) is 0 Å². The molecule has 2 aliphatic rings. The van der Waals surface area contributed by atoms with Crippen molar-refractivity contribution in [2.24, 2.45) is 5.10 Å². The van der Waals surface area contributed by atoms with Gasteiger partial charge in [0.2, 0.25) is 0 Å². The second-order valence-corrected chi connectivity index (χ2v) is 8.73. The van der Waals surface area contributed by atoms with Crippen LogP contribution in [0.4, 0.5) is 5.69 Å². The molecule has 1 amide bonds. The van der Waals surface area contributed by atoms with Gasteiger partial charge in [-0.2, -0.15) is 5.10 Å². The van der Waals surface area contributed by atoms with E-state index in [0.717, 1.165) is 24.4 Å². The lowest BCUT2D eigenvalue weighted by Crippen LogP contribution is -2.38. The number of sulfone groups is 1. The number of esters is 1. The fourth-order valence-electron chi connectivity index (χ4n) is 2.92. The maximum Gasteiger partial charge on any atom is 0.338 e. The zero-order chi connectivity index (χ0) is 18.7. The van der Waals surface area contributed by atoms with E-state index in [4.69, 9.17) is 4.74 Å². The molecular formula is C17H21N3O5S. The molecular weight excluding hydrogens is 358 g/mol. The Morgan fingerprint density at radius 1 is 1.31 bits per heavy atom. The summed E-state index contributed by atoms with van der Waals surface area (Å²) in [7, 11) is -3.07. The van der Waals surface area contributed by atoms with Gasteiger partial charge in [-0.3, -0.25) is 9.80 Å². The Morgan fingerprint density at radius 3 is 2.62 bits per heavy atom. The van der Waals surface area contributed by atoms with Crippen LogP contribution in [0.3, 0.4) is 0 Å². The lowest BCUT2D eigenvalue weighted by Gasteiger charge is -2.14. The number of benzene rings is 1. The van der Waals surface area contributed by atoms with Crippen LogP contribution in [0, 0.1) is 0 Å². The van der Waals surface area contributed by atoms with Gasteiger partial charge in [0.15, 0.2) is 16.4 Å². The van der Waals surface area contributed by atoms with Crippen LogP contribution in [0.5, 0.6) is 0 Å². The number of nitrogens with zero attached hydrogens (tertiary/aromatic N) is 2. The van der Waals surface area contributed by atoms with E-state index in [0.29, 0.717) is 12.0 Å².